The number of likely N-dealkylation sites (tertiary alicyclic amines) is 1. The van der Waals surface area contributed by atoms with E-state index in [0.29, 0.717) is 6.04 Å². The van der Waals surface area contributed by atoms with E-state index in [-0.39, 0.29) is 11.8 Å². The third-order valence-electron chi connectivity index (χ3n) is 4.35. The minimum Gasteiger partial charge on any atom is -0.352 e. The molecule has 0 aliphatic carbocycles. The van der Waals surface area contributed by atoms with E-state index in [0.717, 1.165) is 18.9 Å². The van der Waals surface area contributed by atoms with Crippen molar-refractivity contribution in [3.8, 4) is 0 Å². The number of hydrogen-bond donors (Lipinski definition) is 2. The first-order chi connectivity index (χ1) is 9.15. The van der Waals surface area contributed by atoms with Crippen molar-refractivity contribution in [3.05, 3.63) is 0 Å². The fourth-order valence-electron chi connectivity index (χ4n) is 3.14. The molecule has 0 spiro atoms. The van der Waals surface area contributed by atoms with E-state index in [9.17, 15) is 4.79 Å². The van der Waals surface area contributed by atoms with Crippen LogP contribution in [0, 0.1) is 11.8 Å². The van der Waals surface area contributed by atoms with Crippen LogP contribution in [0.15, 0.2) is 0 Å². The molecule has 2 rings (SSSR count). The summed E-state index contributed by atoms with van der Waals surface area (Å²) in [4.78, 5) is 14.3. The second-order valence-corrected chi connectivity index (χ2v) is 6.46. The molecule has 0 radical (unpaired) electrons. The Hall–Kier alpha value is -0.610. The van der Waals surface area contributed by atoms with Crippen LogP contribution in [-0.4, -0.2) is 49.6 Å². The summed E-state index contributed by atoms with van der Waals surface area (Å²) in [5.74, 6) is 1.15. The number of carbonyl (C=O) groups is 1. The smallest absolute Gasteiger partial charge is 0.222 e. The van der Waals surface area contributed by atoms with Gasteiger partial charge in [-0.3, -0.25) is 4.79 Å². The lowest BCUT2D eigenvalue weighted by Gasteiger charge is -2.36. The van der Waals surface area contributed by atoms with Crippen molar-refractivity contribution in [1.82, 2.24) is 15.5 Å². The molecule has 1 atom stereocenters. The van der Waals surface area contributed by atoms with Crippen LogP contribution in [0.25, 0.3) is 0 Å². The van der Waals surface area contributed by atoms with Gasteiger partial charge in [0.1, 0.15) is 0 Å². The number of nitrogens with one attached hydrogen (secondary N) is 2. The van der Waals surface area contributed by atoms with Crippen molar-refractivity contribution in [3.63, 3.8) is 0 Å². The summed E-state index contributed by atoms with van der Waals surface area (Å²) in [5, 5.41) is 6.62. The average Bonchev–Trinajstić information content (AvgIpc) is 2.40. The molecule has 110 valence electrons. The largest absolute Gasteiger partial charge is 0.352 e. The fourth-order valence-corrected chi connectivity index (χ4v) is 3.14. The van der Waals surface area contributed by atoms with Crippen LogP contribution in [-0.2, 0) is 4.79 Å². The number of rotatable bonds is 4. The van der Waals surface area contributed by atoms with Crippen LogP contribution in [0.5, 0.6) is 0 Å². The van der Waals surface area contributed by atoms with Crippen molar-refractivity contribution in [2.75, 3.05) is 32.7 Å². The SMILES string of the molecule is CC(C)C(=O)NC1CCCN(CC2CCNCC2)C1. The van der Waals surface area contributed by atoms with Crippen LogP contribution in [0.1, 0.15) is 39.5 Å². The number of amides is 1. The van der Waals surface area contributed by atoms with Gasteiger partial charge in [-0.25, -0.2) is 0 Å². The fraction of sp³-hybridized carbons (Fsp3) is 0.933. The van der Waals surface area contributed by atoms with Gasteiger partial charge < -0.3 is 15.5 Å². The molecule has 2 N–H and O–H groups in total. The molecular formula is C15H29N3O. The van der Waals surface area contributed by atoms with E-state index in [1.165, 1.54) is 45.4 Å². The molecule has 2 heterocycles. The molecule has 1 amide bonds. The van der Waals surface area contributed by atoms with Crippen LogP contribution < -0.4 is 10.6 Å². The summed E-state index contributed by atoms with van der Waals surface area (Å²) in [7, 11) is 0. The maximum Gasteiger partial charge on any atom is 0.222 e. The van der Waals surface area contributed by atoms with E-state index in [1.54, 1.807) is 0 Å². The quantitative estimate of drug-likeness (QED) is 0.805. The molecule has 2 fully saturated rings. The molecule has 0 bridgehead atoms. The third kappa shape index (κ3) is 4.77. The van der Waals surface area contributed by atoms with Crippen LogP contribution in [0.2, 0.25) is 0 Å². The Labute approximate surface area is 117 Å². The Kier molecular flexibility index (Phi) is 5.64. The highest BCUT2D eigenvalue weighted by Crippen LogP contribution is 2.17. The summed E-state index contributed by atoms with van der Waals surface area (Å²) in [5.41, 5.74) is 0. The Balaban J connectivity index is 1.75. The molecule has 1 unspecified atom stereocenters. The van der Waals surface area contributed by atoms with Gasteiger partial charge in [0.25, 0.3) is 0 Å². The standard InChI is InChI=1S/C15H29N3O/c1-12(2)15(19)17-14-4-3-9-18(11-14)10-13-5-7-16-8-6-13/h12-14,16H,3-11H2,1-2H3,(H,17,19). The van der Waals surface area contributed by atoms with Crippen molar-refractivity contribution in [2.45, 2.75) is 45.6 Å². The maximum atomic E-state index is 11.8. The van der Waals surface area contributed by atoms with Gasteiger partial charge >= 0.3 is 0 Å². The zero-order valence-corrected chi connectivity index (χ0v) is 12.5. The molecule has 19 heavy (non-hydrogen) atoms. The third-order valence-corrected chi connectivity index (χ3v) is 4.35. The monoisotopic (exact) mass is 267 g/mol. The first kappa shape index (κ1) is 14.8. The Morgan fingerprint density at radius 2 is 2.05 bits per heavy atom. The zero-order valence-electron chi connectivity index (χ0n) is 12.5. The molecule has 0 aromatic rings. The van der Waals surface area contributed by atoms with Gasteiger partial charge in [-0.1, -0.05) is 13.8 Å². The molecular weight excluding hydrogens is 238 g/mol. The highest BCUT2D eigenvalue weighted by Gasteiger charge is 2.24. The minimum absolute atomic E-state index is 0.0970. The van der Waals surface area contributed by atoms with Gasteiger partial charge in [0.15, 0.2) is 0 Å². The van der Waals surface area contributed by atoms with Gasteiger partial charge in [-0.15, -0.1) is 0 Å². The normalized spacial score (nSPS) is 26.6. The topological polar surface area (TPSA) is 44.4 Å². The Morgan fingerprint density at radius 3 is 2.74 bits per heavy atom. The molecule has 0 aromatic heterocycles. The predicted molar refractivity (Wildman–Crippen MR) is 78.0 cm³/mol. The molecule has 0 saturated carbocycles. The molecule has 4 nitrogen and oxygen atoms in total. The van der Waals surface area contributed by atoms with Gasteiger partial charge in [-0.2, -0.15) is 0 Å². The van der Waals surface area contributed by atoms with Gasteiger partial charge in [0.2, 0.25) is 5.91 Å². The van der Waals surface area contributed by atoms with Gasteiger partial charge in [0, 0.05) is 25.0 Å². The summed E-state index contributed by atoms with van der Waals surface area (Å²) in [6, 6.07) is 0.366. The lowest BCUT2D eigenvalue weighted by molar-refractivity contribution is -0.125. The summed E-state index contributed by atoms with van der Waals surface area (Å²) >= 11 is 0. The molecule has 2 saturated heterocycles. The van der Waals surface area contributed by atoms with Crippen LogP contribution >= 0.6 is 0 Å². The first-order valence-corrected chi connectivity index (χ1v) is 7.88. The minimum atomic E-state index is 0.0970. The molecule has 0 aromatic carbocycles. The Morgan fingerprint density at radius 1 is 1.32 bits per heavy atom. The number of hydrogen-bond acceptors (Lipinski definition) is 3. The predicted octanol–water partition coefficient (Wildman–Crippen LogP) is 1.22. The van der Waals surface area contributed by atoms with E-state index < -0.39 is 0 Å². The van der Waals surface area contributed by atoms with Crippen LogP contribution in [0.3, 0.4) is 0 Å². The number of carbonyl (C=O) groups excluding carboxylic acids is 1. The first-order valence-electron chi connectivity index (χ1n) is 7.88. The van der Waals surface area contributed by atoms with Gasteiger partial charge in [0.05, 0.1) is 0 Å². The van der Waals surface area contributed by atoms with Crippen molar-refractivity contribution < 1.29 is 4.79 Å². The average molecular weight is 267 g/mol. The summed E-state index contributed by atoms with van der Waals surface area (Å²) in [6.07, 6.45) is 4.97. The van der Waals surface area contributed by atoms with Crippen molar-refractivity contribution >= 4 is 5.91 Å². The molecule has 2 aliphatic heterocycles. The van der Waals surface area contributed by atoms with E-state index in [2.05, 4.69) is 15.5 Å². The summed E-state index contributed by atoms with van der Waals surface area (Å²) < 4.78 is 0. The molecule has 2 aliphatic rings. The van der Waals surface area contributed by atoms with Gasteiger partial charge in [-0.05, 0) is 51.2 Å². The number of piperidine rings is 2. The highest BCUT2D eigenvalue weighted by atomic mass is 16.1. The van der Waals surface area contributed by atoms with E-state index in [4.69, 9.17) is 0 Å². The lowest BCUT2D eigenvalue weighted by Crippen LogP contribution is -2.50. The van der Waals surface area contributed by atoms with E-state index in [1.807, 2.05) is 13.8 Å². The lowest BCUT2D eigenvalue weighted by atomic mass is 9.95. The summed E-state index contributed by atoms with van der Waals surface area (Å²) in [6.45, 7) is 9.74. The molecule has 4 heteroatoms. The second-order valence-electron chi connectivity index (χ2n) is 6.46. The second kappa shape index (κ2) is 7.25. The zero-order chi connectivity index (χ0) is 13.7. The van der Waals surface area contributed by atoms with Crippen molar-refractivity contribution in [2.24, 2.45) is 11.8 Å². The highest BCUT2D eigenvalue weighted by molar-refractivity contribution is 5.78. The maximum absolute atomic E-state index is 11.8. The van der Waals surface area contributed by atoms with Crippen molar-refractivity contribution in [1.29, 1.82) is 0 Å². The number of nitrogens with zero attached hydrogens (tertiary/aromatic N) is 1. The van der Waals surface area contributed by atoms with E-state index >= 15 is 0 Å². The Bertz CT molecular complexity index is 287. The van der Waals surface area contributed by atoms with Crippen LogP contribution in [0.4, 0.5) is 0 Å².